The molecule has 4 nitrogen and oxygen atoms in total. The van der Waals surface area contributed by atoms with Crippen LogP contribution < -0.4 is 5.32 Å². The third-order valence-electron chi connectivity index (χ3n) is 4.76. The molecular formula is C15H30N2O2. The summed E-state index contributed by atoms with van der Waals surface area (Å²) in [6.07, 6.45) is 7.46. The molecule has 0 bridgehead atoms. The zero-order chi connectivity index (χ0) is 14.3. The summed E-state index contributed by atoms with van der Waals surface area (Å²) in [5.74, 6) is -0.719. The summed E-state index contributed by atoms with van der Waals surface area (Å²) in [5.41, 5.74) is -0.739. The fraction of sp³-hybridized carbons (Fsp3) is 0.933. The molecule has 1 rings (SSSR count). The summed E-state index contributed by atoms with van der Waals surface area (Å²) in [7, 11) is 1.76. The number of rotatable bonds is 8. The number of carboxylic acids is 1. The van der Waals surface area contributed by atoms with Gasteiger partial charge in [0.2, 0.25) is 0 Å². The zero-order valence-corrected chi connectivity index (χ0v) is 12.7. The van der Waals surface area contributed by atoms with Gasteiger partial charge in [-0.25, -0.2) is 0 Å². The molecule has 0 aromatic carbocycles. The van der Waals surface area contributed by atoms with Crippen LogP contribution in [-0.4, -0.2) is 47.7 Å². The van der Waals surface area contributed by atoms with E-state index >= 15 is 0 Å². The molecule has 4 heteroatoms. The van der Waals surface area contributed by atoms with Gasteiger partial charge in [-0.1, -0.05) is 20.3 Å². The number of piperidine rings is 1. The third kappa shape index (κ3) is 4.18. The van der Waals surface area contributed by atoms with Crippen LogP contribution in [0, 0.1) is 0 Å². The van der Waals surface area contributed by atoms with Crippen molar-refractivity contribution in [3.05, 3.63) is 0 Å². The maximum atomic E-state index is 11.4. The Hall–Kier alpha value is -0.610. The number of hydrogen-bond donors (Lipinski definition) is 2. The first-order valence-electron chi connectivity index (χ1n) is 7.76. The first-order chi connectivity index (χ1) is 9.09. The van der Waals surface area contributed by atoms with Crippen molar-refractivity contribution in [1.29, 1.82) is 0 Å². The van der Waals surface area contributed by atoms with Crippen LogP contribution in [0.2, 0.25) is 0 Å². The van der Waals surface area contributed by atoms with Gasteiger partial charge in [0.05, 0.1) is 0 Å². The summed E-state index contributed by atoms with van der Waals surface area (Å²) in [5, 5.41) is 12.4. The van der Waals surface area contributed by atoms with Crippen LogP contribution in [0.1, 0.15) is 58.8 Å². The Bertz CT molecular complexity index is 277. The minimum Gasteiger partial charge on any atom is -0.480 e. The van der Waals surface area contributed by atoms with Crippen molar-refractivity contribution in [2.45, 2.75) is 70.4 Å². The van der Waals surface area contributed by atoms with Gasteiger partial charge in [0.15, 0.2) is 0 Å². The molecule has 112 valence electrons. The highest BCUT2D eigenvalue weighted by Crippen LogP contribution is 2.22. The number of carbonyl (C=O) groups is 1. The summed E-state index contributed by atoms with van der Waals surface area (Å²) in [6, 6.07) is 0.712. The second-order valence-electron chi connectivity index (χ2n) is 5.69. The monoisotopic (exact) mass is 270 g/mol. The van der Waals surface area contributed by atoms with Crippen molar-refractivity contribution in [1.82, 2.24) is 10.2 Å². The number of nitrogens with zero attached hydrogens (tertiary/aromatic N) is 1. The van der Waals surface area contributed by atoms with Crippen LogP contribution in [0.25, 0.3) is 0 Å². The molecule has 1 aliphatic rings. The zero-order valence-electron chi connectivity index (χ0n) is 12.7. The summed E-state index contributed by atoms with van der Waals surface area (Å²) >= 11 is 0. The van der Waals surface area contributed by atoms with Gasteiger partial charge in [-0.3, -0.25) is 4.79 Å². The highest BCUT2D eigenvalue weighted by Gasteiger charge is 2.34. The van der Waals surface area contributed by atoms with Crippen molar-refractivity contribution < 1.29 is 9.90 Å². The fourth-order valence-electron chi connectivity index (χ4n) is 3.24. The van der Waals surface area contributed by atoms with Gasteiger partial charge in [0.25, 0.3) is 0 Å². The van der Waals surface area contributed by atoms with Crippen LogP contribution in [0.3, 0.4) is 0 Å². The second kappa shape index (κ2) is 7.85. The Balaban J connectivity index is 2.45. The molecule has 0 radical (unpaired) electrons. The van der Waals surface area contributed by atoms with E-state index in [0.29, 0.717) is 18.9 Å². The molecule has 1 heterocycles. The standard InChI is InChI=1S/C15H30N2O2/c1-4-13-9-6-7-11-17(13)12-8-10-15(5-2,16-3)14(18)19/h13,16H,4-12H2,1-3H3,(H,18,19). The smallest absolute Gasteiger partial charge is 0.323 e. The van der Waals surface area contributed by atoms with E-state index in [2.05, 4.69) is 17.1 Å². The van der Waals surface area contributed by atoms with Crippen molar-refractivity contribution in [3.63, 3.8) is 0 Å². The number of carboxylic acid groups (broad SMARTS) is 1. The van der Waals surface area contributed by atoms with Crippen molar-refractivity contribution in [3.8, 4) is 0 Å². The van der Waals surface area contributed by atoms with E-state index in [0.717, 1.165) is 13.0 Å². The van der Waals surface area contributed by atoms with Gasteiger partial charge >= 0.3 is 5.97 Å². The molecule has 2 atom stereocenters. The third-order valence-corrected chi connectivity index (χ3v) is 4.76. The van der Waals surface area contributed by atoms with Crippen LogP contribution >= 0.6 is 0 Å². The lowest BCUT2D eigenvalue weighted by Gasteiger charge is -2.36. The average molecular weight is 270 g/mol. The van der Waals surface area contributed by atoms with E-state index in [4.69, 9.17) is 0 Å². The molecule has 0 amide bonds. The quantitative estimate of drug-likeness (QED) is 0.711. The molecule has 1 saturated heterocycles. The van der Waals surface area contributed by atoms with E-state index in [1.165, 1.54) is 32.2 Å². The number of likely N-dealkylation sites (tertiary alicyclic amines) is 1. The molecule has 2 N–H and O–H groups in total. The molecule has 2 unspecified atom stereocenters. The lowest BCUT2D eigenvalue weighted by atomic mass is 9.90. The average Bonchev–Trinajstić information content (AvgIpc) is 2.44. The summed E-state index contributed by atoms with van der Waals surface area (Å²) in [6.45, 7) is 6.42. The Morgan fingerprint density at radius 3 is 2.68 bits per heavy atom. The van der Waals surface area contributed by atoms with Gasteiger partial charge in [-0.05, 0) is 58.7 Å². The number of hydrogen-bond acceptors (Lipinski definition) is 3. The molecule has 0 aliphatic carbocycles. The maximum Gasteiger partial charge on any atom is 0.323 e. The lowest BCUT2D eigenvalue weighted by molar-refractivity contribution is -0.145. The highest BCUT2D eigenvalue weighted by molar-refractivity contribution is 5.78. The minimum atomic E-state index is -0.739. The fourth-order valence-corrected chi connectivity index (χ4v) is 3.24. The second-order valence-corrected chi connectivity index (χ2v) is 5.69. The minimum absolute atomic E-state index is 0.635. The molecule has 19 heavy (non-hydrogen) atoms. The number of likely N-dealkylation sites (N-methyl/N-ethyl adjacent to an activating group) is 1. The van der Waals surface area contributed by atoms with E-state index < -0.39 is 11.5 Å². The van der Waals surface area contributed by atoms with Gasteiger partial charge in [-0.15, -0.1) is 0 Å². The molecule has 0 spiro atoms. The largest absolute Gasteiger partial charge is 0.480 e. The molecule has 1 fully saturated rings. The normalized spacial score (nSPS) is 24.1. The Labute approximate surface area is 117 Å². The predicted octanol–water partition coefficient (Wildman–Crippen LogP) is 2.48. The maximum absolute atomic E-state index is 11.4. The van der Waals surface area contributed by atoms with Crippen LogP contribution in [0.15, 0.2) is 0 Å². The topological polar surface area (TPSA) is 52.6 Å². The summed E-state index contributed by atoms with van der Waals surface area (Å²) < 4.78 is 0. The number of aliphatic carboxylic acids is 1. The van der Waals surface area contributed by atoms with Crippen LogP contribution in [0.5, 0.6) is 0 Å². The van der Waals surface area contributed by atoms with E-state index in [-0.39, 0.29) is 0 Å². The predicted molar refractivity (Wildman–Crippen MR) is 78.5 cm³/mol. The van der Waals surface area contributed by atoms with E-state index in [1.54, 1.807) is 7.05 Å². The van der Waals surface area contributed by atoms with Gasteiger partial charge in [0.1, 0.15) is 5.54 Å². The van der Waals surface area contributed by atoms with Gasteiger partial charge in [-0.2, -0.15) is 0 Å². The van der Waals surface area contributed by atoms with E-state index in [9.17, 15) is 9.90 Å². The SMILES string of the molecule is CCC1CCCCN1CCCC(CC)(NC)C(=O)O. The molecule has 0 aromatic heterocycles. The van der Waals surface area contributed by atoms with Crippen molar-refractivity contribution in [2.24, 2.45) is 0 Å². The molecular weight excluding hydrogens is 240 g/mol. The lowest BCUT2D eigenvalue weighted by Crippen LogP contribution is -2.50. The highest BCUT2D eigenvalue weighted by atomic mass is 16.4. The first-order valence-corrected chi connectivity index (χ1v) is 7.76. The van der Waals surface area contributed by atoms with E-state index in [1.807, 2.05) is 6.92 Å². The van der Waals surface area contributed by atoms with Crippen LogP contribution in [-0.2, 0) is 4.79 Å². The first kappa shape index (κ1) is 16.4. The van der Waals surface area contributed by atoms with Gasteiger partial charge in [0, 0.05) is 6.04 Å². The molecule has 0 saturated carbocycles. The Kier molecular flexibility index (Phi) is 6.80. The van der Waals surface area contributed by atoms with Gasteiger partial charge < -0.3 is 15.3 Å². The van der Waals surface area contributed by atoms with Crippen molar-refractivity contribution in [2.75, 3.05) is 20.1 Å². The molecule has 1 aliphatic heterocycles. The Morgan fingerprint density at radius 1 is 1.42 bits per heavy atom. The summed E-state index contributed by atoms with van der Waals surface area (Å²) in [4.78, 5) is 14.0. The van der Waals surface area contributed by atoms with Crippen molar-refractivity contribution >= 4 is 5.97 Å². The Morgan fingerprint density at radius 2 is 2.16 bits per heavy atom. The number of nitrogens with one attached hydrogen (secondary N) is 1. The van der Waals surface area contributed by atoms with Crippen LogP contribution in [0.4, 0.5) is 0 Å². The molecule has 0 aromatic rings.